The Morgan fingerprint density at radius 1 is 1.33 bits per heavy atom. The number of rotatable bonds is 6. The first-order chi connectivity index (χ1) is 11.4. The zero-order valence-corrected chi connectivity index (χ0v) is 14.3. The minimum absolute atomic E-state index is 0.0468. The molecule has 24 heavy (non-hydrogen) atoms. The smallest absolute Gasteiger partial charge is 0.361 e. The average Bonchev–Trinajstić information content (AvgIpc) is 2.95. The first-order valence-electron chi connectivity index (χ1n) is 7.11. The predicted molar refractivity (Wildman–Crippen MR) is 86.2 cm³/mol. The van der Waals surface area contributed by atoms with Gasteiger partial charge in [-0.1, -0.05) is 23.4 Å². The summed E-state index contributed by atoms with van der Waals surface area (Å²) in [5, 5.41) is 7.50. The van der Waals surface area contributed by atoms with E-state index in [1.807, 2.05) is 0 Å². The van der Waals surface area contributed by atoms with Crippen LogP contribution in [0.25, 0.3) is 0 Å². The van der Waals surface area contributed by atoms with Crippen molar-refractivity contribution in [3.63, 3.8) is 0 Å². The molecule has 0 saturated heterocycles. The molecule has 0 aliphatic heterocycles. The molecule has 0 radical (unpaired) electrons. The fourth-order valence-corrected chi connectivity index (χ4v) is 2.85. The molecule has 1 N–H and O–H groups in total. The van der Waals surface area contributed by atoms with Crippen LogP contribution in [0.3, 0.4) is 0 Å². The van der Waals surface area contributed by atoms with E-state index in [2.05, 4.69) is 15.1 Å². The molecule has 2 aromatic rings. The molecule has 0 fully saturated rings. The minimum atomic E-state index is -3.81. The largest absolute Gasteiger partial charge is 0.461 e. The monoisotopic (exact) mass is 351 g/mol. The number of ether oxygens (including phenoxy) is 1. The molecule has 0 atom stereocenters. The lowest BCUT2D eigenvalue weighted by Gasteiger charge is -2.05. The number of esters is 1. The molecule has 0 unspecified atom stereocenters. The van der Waals surface area contributed by atoms with Gasteiger partial charge in [-0.15, -0.1) is 0 Å². The van der Waals surface area contributed by atoms with Gasteiger partial charge in [0.25, 0.3) is 10.0 Å². The van der Waals surface area contributed by atoms with Crippen molar-refractivity contribution in [2.24, 2.45) is 5.10 Å². The zero-order valence-electron chi connectivity index (χ0n) is 13.4. The van der Waals surface area contributed by atoms with E-state index >= 15 is 0 Å². The predicted octanol–water partition coefficient (Wildman–Crippen LogP) is 1.86. The number of carbonyl (C=O) groups is 1. The quantitative estimate of drug-likeness (QED) is 0.483. The summed E-state index contributed by atoms with van der Waals surface area (Å²) in [6.45, 7) is 4.98. The summed E-state index contributed by atoms with van der Waals surface area (Å²) in [5.41, 5.74) is 0.482. The van der Waals surface area contributed by atoms with Crippen LogP contribution in [-0.2, 0) is 14.8 Å². The summed E-state index contributed by atoms with van der Waals surface area (Å²) in [6, 6.07) is 7.81. The molecule has 1 aromatic heterocycles. The van der Waals surface area contributed by atoms with Gasteiger partial charge in [0.05, 0.1) is 22.8 Å². The SMILES string of the molecule is CCOC(=O)c1noc(C)c1C(C)=NNS(=O)(=O)c1ccccc1. The van der Waals surface area contributed by atoms with Gasteiger partial charge in [-0.2, -0.15) is 18.4 Å². The van der Waals surface area contributed by atoms with Crippen LogP contribution < -0.4 is 4.83 Å². The molecule has 1 aromatic carbocycles. The maximum atomic E-state index is 12.2. The molecule has 2 rings (SSSR count). The Morgan fingerprint density at radius 2 is 2.00 bits per heavy atom. The number of hydrogen-bond donors (Lipinski definition) is 1. The van der Waals surface area contributed by atoms with Gasteiger partial charge in [0.1, 0.15) is 5.76 Å². The number of carbonyl (C=O) groups excluding carboxylic acids is 1. The molecule has 0 amide bonds. The van der Waals surface area contributed by atoms with Crippen molar-refractivity contribution in [2.45, 2.75) is 25.7 Å². The van der Waals surface area contributed by atoms with E-state index in [0.717, 1.165) is 0 Å². The van der Waals surface area contributed by atoms with Gasteiger partial charge in [-0.25, -0.2) is 4.79 Å². The lowest BCUT2D eigenvalue weighted by molar-refractivity contribution is 0.0514. The lowest BCUT2D eigenvalue weighted by atomic mass is 10.1. The number of hydrazone groups is 1. The minimum Gasteiger partial charge on any atom is -0.461 e. The molecule has 0 spiro atoms. The summed E-state index contributed by atoms with van der Waals surface area (Å²) in [5.74, 6) is -0.331. The lowest BCUT2D eigenvalue weighted by Crippen LogP contribution is -2.20. The number of benzene rings is 1. The normalized spacial score (nSPS) is 12.0. The number of hydrogen-bond acceptors (Lipinski definition) is 7. The summed E-state index contributed by atoms with van der Waals surface area (Å²) >= 11 is 0. The first-order valence-corrected chi connectivity index (χ1v) is 8.60. The van der Waals surface area contributed by atoms with Crippen LogP contribution in [0.1, 0.15) is 35.7 Å². The Labute approximate surface area is 139 Å². The second-order valence-electron chi connectivity index (χ2n) is 4.79. The molecule has 128 valence electrons. The van der Waals surface area contributed by atoms with Crippen LogP contribution in [0.5, 0.6) is 0 Å². The Balaban J connectivity index is 2.29. The van der Waals surface area contributed by atoms with E-state index < -0.39 is 16.0 Å². The van der Waals surface area contributed by atoms with Gasteiger partial charge >= 0.3 is 5.97 Å². The fourth-order valence-electron chi connectivity index (χ4n) is 1.97. The van der Waals surface area contributed by atoms with Crippen molar-refractivity contribution in [1.29, 1.82) is 0 Å². The van der Waals surface area contributed by atoms with Gasteiger partial charge in [-0.05, 0) is 32.9 Å². The Bertz CT molecular complexity index is 856. The van der Waals surface area contributed by atoms with E-state index in [1.54, 1.807) is 32.0 Å². The number of nitrogens with one attached hydrogen (secondary N) is 1. The highest BCUT2D eigenvalue weighted by molar-refractivity contribution is 7.89. The molecule has 1 heterocycles. The fraction of sp³-hybridized carbons (Fsp3) is 0.267. The molecular formula is C15H17N3O5S. The maximum absolute atomic E-state index is 12.2. The van der Waals surface area contributed by atoms with Crippen LogP contribution in [0, 0.1) is 6.92 Å². The summed E-state index contributed by atoms with van der Waals surface area (Å²) in [7, 11) is -3.81. The second kappa shape index (κ2) is 7.26. The van der Waals surface area contributed by atoms with Crippen LogP contribution in [0.4, 0.5) is 0 Å². The third kappa shape index (κ3) is 3.80. The Kier molecular flexibility index (Phi) is 5.35. The van der Waals surface area contributed by atoms with Crippen molar-refractivity contribution < 1.29 is 22.5 Å². The molecular weight excluding hydrogens is 334 g/mol. The number of nitrogens with zero attached hydrogens (tertiary/aromatic N) is 2. The van der Waals surface area contributed by atoms with Gasteiger partial charge in [0, 0.05) is 0 Å². The van der Waals surface area contributed by atoms with Crippen molar-refractivity contribution in [3.8, 4) is 0 Å². The molecule has 0 saturated carbocycles. The van der Waals surface area contributed by atoms with E-state index in [-0.39, 0.29) is 22.9 Å². The number of aryl methyl sites for hydroxylation is 1. The highest BCUT2D eigenvalue weighted by Crippen LogP contribution is 2.16. The van der Waals surface area contributed by atoms with Crippen molar-refractivity contribution in [3.05, 3.63) is 47.3 Å². The summed E-state index contributed by atoms with van der Waals surface area (Å²) < 4.78 is 34.2. The Hall–Kier alpha value is -2.68. The van der Waals surface area contributed by atoms with E-state index in [4.69, 9.17) is 9.26 Å². The molecule has 8 nitrogen and oxygen atoms in total. The highest BCUT2D eigenvalue weighted by atomic mass is 32.2. The van der Waals surface area contributed by atoms with E-state index in [0.29, 0.717) is 11.3 Å². The van der Waals surface area contributed by atoms with Gasteiger partial charge < -0.3 is 9.26 Å². The van der Waals surface area contributed by atoms with Crippen molar-refractivity contribution in [2.75, 3.05) is 6.61 Å². The molecule has 9 heteroatoms. The standard InChI is InChI=1S/C15H17N3O5S/c1-4-22-15(19)14-13(11(3)23-17-14)10(2)16-18-24(20,21)12-8-6-5-7-9-12/h5-9,18H,4H2,1-3H3. The summed E-state index contributed by atoms with van der Waals surface area (Å²) in [6.07, 6.45) is 0. The third-order valence-corrected chi connectivity index (χ3v) is 4.30. The zero-order chi connectivity index (χ0) is 17.7. The van der Waals surface area contributed by atoms with Crippen LogP contribution >= 0.6 is 0 Å². The average molecular weight is 351 g/mol. The molecule has 0 aliphatic rings. The maximum Gasteiger partial charge on any atom is 0.361 e. The summed E-state index contributed by atoms with van der Waals surface area (Å²) in [4.78, 5) is 14.1. The first kappa shape index (κ1) is 17.7. The van der Waals surface area contributed by atoms with Gasteiger partial charge in [0.15, 0.2) is 0 Å². The second-order valence-corrected chi connectivity index (χ2v) is 6.45. The van der Waals surface area contributed by atoms with Crippen LogP contribution in [0.2, 0.25) is 0 Å². The Morgan fingerprint density at radius 3 is 2.62 bits per heavy atom. The topological polar surface area (TPSA) is 111 Å². The van der Waals surface area contributed by atoms with E-state index in [1.165, 1.54) is 19.1 Å². The number of sulfonamides is 1. The number of aromatic nitrogens is 1. The van der Waals surface area contributed by atoms with Crippen LogP contribution in [0.15, 0.2) is 44.9 Å². The van der Waals surface area contributed by atoms with Gasteiger partial charge in [0.2, 0.25) is 5.69 Å². The van der Waals surface area contributed by atoms with Gasteiger partial charge in [-0.3, -0.25) is 0 Å². The van der Waals surface area contributed by atoms with Crippen molar-refractivity contribution >= 4 is 21.7 Å². The molecule has 0 bridgehead atoms. The van der Waals surface area contributed by atoms with Crippen LogP contribution in [-0.4, -0.2) is 31.9 Å². The van der Waals surface area contributed by atoms with E-state index in [9.17, 15) is 13.2 Å². The third-order valence-electron chi connectivity index (χ3n) is 3.08. The highest BCUT2D eigenvalue weighted by Gasteiger charge is 2.23. The molecule has 0 aliphatic carbocycles. The van der Waals surface area contributed by atoms with Crippen molar-refractivity contribution in [1.82, 2.24) is 9.99 Å².